The molecule has 0 aliphatic heterocycles. The third-order valence-corrected chi connectivity index (χ3v) is 2.96. The molecule has 1 amide bonds. The minimum Gasteiger partial charge on any atom is -0.481 e. The molecule has 7 heteroatoms. The summed E-state index contributed by atoms with van der Waals surface area (Å²) >= 11 is 11.6. The van der Waals surface area contributed by atoms with Gasteiger partial charge in [0.05, 0.1) is 22.2 Å². The first kappa shape index (κ1) is 14.6. The molecule has 0 atom stereocenters. The fraction of sp³-hybridized carbons (Fsp3) is 0.273. The van der Waals surface area contributed by atoms with Crippen LogP contribution >= 0.6 is 23.2 Å². The summed E-state index contributed by atoms with van der Waals surface area (Å²) in [5.74, 6) is -1.33. The molecule has 1 aromatic rings. The van der Waals surface area contributed by atoms with Crippen molar-refractivity contribution in [3.8, 4) is 0 Å². The van der Waals surface area contributed by atoms with Crippen LogP contribution in [0.5, 0.6) is 0 Å². The average molecular weight is 291 g/mol. The Balaban J connectivity index is 2.87. The molecule has 98 valence electrons. The van der Waals surface area contributed by atoms with E-state index in [1.807, 2.05) is 0 Å². The quantitative estimate of drug-likeness (QED) is 0.832. The number of aliphatic carboxylic acids is 1. The van der Waals surface area contributed by atoms with E-state index in [9.17, 15) is 9.59 Å². The number of carbonyl (C=O) groups is 2. The Morgan fingerprint density at radius 3 is 2.28 bits per heavy atom. The van der Waals surface area contributed by atoms with E-state index >= 15 is 0 Å². The number of amides is 1. The predicted molar refractivity (Wildman–Crippen MR) is 70.1 cm³/mol. The first-order valence-electron chi connectivity index (χ1n) is 5.04. The highest BCUT2D eigenvalue weighted by Gasteiger charge is 2.15. The Hall–Kier alpha value is -1.46. The lowest BCUT2D eigenvalue weighted by Gasteiger charge is -2.16. The van der Waals surface area contributed by atoms with Gasteiger partial charge in [0.2, 0.25) is 0 Å². The first-order valence-corrected chi connectivity index (χ1v) is 5.80. The maximum absolute atomic E-state index is 11.9. The van der Waals surface area contributed by atoms with Crippen molar-refractivity contribution in [3.63, 3.8) is 0 Å². The molecule has 0 spiro atoms. The van der Waals surface area contributed by atoms with Gasteiger partial charge in [-0.15, -0.1) is 0 Å². The topological polar surface area (TPSA) is 83.6 Å². The molecule has 0 saturated heterocycles. The number of hydrogen-bond donors (Lipinski definition) is 2. The van der Waals surface area contributed by atoms with Gasteiger partial charge in [-0.05, 0) is 12.1 Å². The van der Waals surface area contributed by atoms with Gasteiger partial charge in [0.1, 0.15) is 0 Å². The molecule has 0 saturated carbocycles. The molecule has 0 fully saturated rings. The van der Waals surface area contributed by atoms with E-state index in [1.54, 1.807) is 0 Å². The molecule has 0 heterocycles. The van der Waals surface area contributed by atoms with Crippen molar-refractivity contribution in [2.45, 2.75) is 6.42 Å². The Kier molecular flexibility index (Phi) is 4.81. The number of rotatable bonds is 4. The lowest BCUT2D eigenvalue weighted by molar-refractivity contribution is -0.137. The van der Waals surface area contributed by atoms with Crippen molar-refractivity contribution in [1.29, 1.82) is 0 Å². The van der Waals surface area contributed by atoms with Crippen LogP contribution in [0.1, 0.15) is 16.8 Å². The zero-order chi connectivity index (χ0) is 13.9. The Morgan fingerprint density at radius 1 is 1.33 bits per heavy atom. The van der Waals surface area contributed by atoms with Crippen LogP contribution in [0.3, 0.4) is 0 Å². The van der Waals surface area contributed by atoms with Crippen LogP contribution in [0.2, 0.25) is 10.0 Å². The number of hydrogen-bond acceptors (Lipinski definition) is 3. The molecule has 5 nitrogen and oxygen atoms in total. The third kappa shape index (κ3) is 3.51. The van der Waals surface area contributed by atoms with Crippen LogP contribution in [0.25, 0.3) is 0 Å². The summed E-state index contributed by atoms with van der Waals surface area (Å²) in [4.78, 5) is 23.7. The summed E-state index contributed by atoms with van der Waals surface area (Å²) in [5.41, 5.74) is 6.04. The van der Waals surface area contributed by atoms with Gasteiger partial charge in [-0.1, -0.05) is 23.2 Å². The van der Waals surface area contributed by atoms with Gasteiger partial charge in [0, 0.05) is 19.2 Å². The summed E-state index contributed by atoms with van der Waals surface area (Å²) in [6.07, 6.45) is -0.126. The number of carbonyl (C=O) groups excluding carboxylic acids is 1. The summed E-state index contributed by atoms with van der Waals surface area (Å²) in [6.45, 7) is 0.105. The van der Waals surface area contributed by atoms with Crippen molar-refractivity contribution < 1.29 is 14.7 Å². The van der Waals surface area contributed by atoms with E-state index in [0.29, 0.717) is 0 Å². The maximum atomic E-state index is 11.9. The maximum Gasteiger partial charge on any atom is 0.305 e. The number of nitrogens with zero attached hydrogens (tertiary/aromatic N) is 1. The number of nitrogen functional groups attached to an aromatic ring is 1. The molecule has 0 aliphatic carbocycles. The highest BCUT2D eigenvalue weighted by Crippen LogP contribution is 2.29. The molecule has 1 rings (SSSR count). The second-order valence-electron chi connectivity index (χ2n) is 3.72. The molecule has 3 N–H and O–H groups in total. The number of halogens is 2. The van der Waals surface area contributed by atoms with Crippen molar-refractivity contribution in [2.24, 2.45) is 0 Å². The zero-order valence-electron chi connectivity index (χ0n) is 9.61. The fourth-order valence-corrected chi connectivity index (χ4v) is 1.78. The van der Waals surface area contributed by atoms with Crippen LogP contribution in [0.15, 0.2) is 12.1 Å². The molecule has 0 radical (unpaired) electrons. The number of anilines is 1. The van der Waals surface area contributed by atoms with Crippen molar-refractivity contribution in [2.75, 3.05) is 19.3 Å². The van der Waals surface area contributed by atoms with Crippen molar-refractivity contribution in [1.82, 2.24) is 4.90 Å². The summed E-state index contributed by atoms with van der Waals surface area (Å²) < 4.78 is 0. The van der Waals surface area contributed by atoms with E-state index in [-0.39, 0.29) is 40.2 Å². The number of benzene rings is 1. The molecule has 0 aromatic heterocycles. The Labute approximate surface area is 114 Å². The second kappa shape index (κ2) is 5.93. The monoisotopic (exact) mass is 290 g/mol. The molecule has 0 bridgehead atoms. The molecule has 0 unspecified atom stereocenters. The highest BCUT2D eigenvalue weighted by atomic mass is 35.5. The van der Waals surface area contributed by atoms with E-state index in [4.69, 9.17) is 34.0 Å². The standard InChI is InChI=1S/C11H12Cl2N2O3/c1-15(3-2-9(16)17)11(18)6-4-7(12)10(14)8(13)5-6/h4-5H,2-3,14H2,1H3,(H,16,17). The van der Waals surface area contributed by atoms with Crippen molar-refractivity contribution >= 4 is 40.8 Å². The summed E-state index contributed by atoms with van der Waals surface area (Å²) in [7, 11) is 1.50. The minimum atomic E-state index is -0.969. The first-order chi connectivity index (χ1) is 8.32. The Morgan fingerprint density at radius 2 is 1.83 bits per heavy atom. The van der Waals surface area contributed by atoms with E-state index < -0.39 is 5.97 Å². The number of carboxylic acids is 1. The molecule has 18 heavy (non-hydrogen) atoms. The van der Waals surface area contributed by atoms with Gasteiger partial charge in [0.25, 0.3) is 5.91 Å². The lowest BCUT2D eigenvalue weighted by atomic mass is 10.2. The van der Waals surface area contributed by atoms with Gasteiger partial charge in [0.15, 0.2) is 0 Å². The average Bonchev–Trinajstić information content (AvgIpc) is 2.31. The van der Waals surface area contributed by atoms with E-state index in [0.717, 1.165) is 0 Å². The van der Waals surface area contributed by atoms with Crippen molar-refractivity contribution in [3.05, 3.63) is 27.7 Å². The lowest BCUT2D eigenvalue weighted by Crippen LogP contribution is -2.29. The fourth-order valence-electron chi connectivity index (χ4n) is 1.29. The predicted octanol–water partition coefficient (Wildman–Crippen LogP) is 2.12. The number of carboxylic acid groups (broad SMARTS) is 1. The molecule has 1 aromatic carbocycles. The summed E-state index contributed by atoms with van der Waals surface area (Å²) in [6, 6.07) is 2.81. The number of nitrogens with two attached hydrogens (primary N) is 1. The van der Waals surface area contributed by atoms with Gasteiger partial charge < -0.3 is 15.7 Å². The summed E-state index contributed by atoms with van der Waals surface area (Å²) in [5, 5.41) is 8.93. The van der Waals surface area contributed by atoms with Gasteiger partial charge in [-0.25, -0.2) is 0 Å². The van der Waals surface area contributed by atoms with Gasteiger partial charge in [-0.3, -0.25) is 9.59 Å². The van der Waals surface area contributed by atoms with Crippen LogP contribution < -0.4 is 5.73 Å². The minimum absolute atomic E-state index is 0.105. The molecule has 0 aliphatic rings. The molecular formula is C11H12Cl2N2O3. The van der Waals surface area contributed by atoms with Gasteiger partial charge >= 0.3 is 5.97 Å². The molecular weight excluding hydrogens is 279 g/mol. The van der Waals surface area contributed by atoms with Crippen LogP contribution in [0.4, 0.5) is 5.69 Å². The van der Waals surface area contributed by atoms with E-state index in [2.05, 4.69) is 0 Å². The van der Waals surface area contributed by atoms with Crippen LogP contribution in [-0.4, -0.2) is 35.5 Å². The Bertz CT molecular complexity index is 468. The third-order valence-electron chi connectivity index (χ3n) is 2.33. The van der Waals surface area contributed by atoms with Crippen LogP contribution in [-0.2, 0) is 4.79 Å². The smallest absolute Gasteiger partial charge is 0.305 e. The largest absolute Gasteiger partial charge is 0.481 e. The normalized spacial score (nSPS) is 10.2. The second-order valence-corrected chi connectivity index (χ2v) is 4.54. The SMILES string of the molecule is CN(CCC(=O)O)C(=O)c1cc(Cl)c(N)c(Cl)c1. The highest BCUT2D eigenvalue weighted by molar-refractivity contribution is 6.39. The van der Waals surface area contributed by atoms with Gasteiger partial charge in [-0.2, -0.15) is 0 Å². The zero-order valence-corrected chi connectivity index (χ0v) is 11.1. The van der Waals surface area contributed by atoms with E-state index in [1.165, 1.54) is 24.1 Å². The van der Waals surface area contributed by atoms with Crippen LogP contribution in [0, 0.1) is 0 Å².